The Kier molecular flexibility index (Phi) is 7.32. The largest absolute Gasteiger partial charge is 0.424 e. The molecule has 5 nitrogen and oxygen atoms in total. The Hall–Kier alpha value is -2.88. The molecule has 7 heteroatoms. The standard InChI is InChI=1S/C15H20F2N4O.C4H4/c1-9(2)21-14(19-13(18-5)20-21)22-12-7-10(3)6-11(8-12)15(4,16)17;1-3-4-2/h6-9H,1-5H3,(H,18,20);1,4H,2H2. The van der Waals surface area contributed by atoms with Gasteiger partial charge in [-0.3, -0.25) is 0 Å². The van der Waals surface area contributed by atoms with Gasteiger partial charge in [-0.25, -0.2) is 13.5 Å². The van der Waals surface area contributed by atoms with Crippen LogP contribution in [0, 0.1) is 19.3 Å². The number of allylic oxidation sites excluding steroid dienone is 1. The summed E-state index contributed by atoms with van der Waals surface area (Å²) in [5, 5.41) is 7.07. The predicted octanol–water partition coefficient (Wildman–Crippen LogP) is 4.92. The first-order chi connectivity index (χ1) is 12.1. The lowest BCUT2D eigenvalue weighted by atomic mass is 10.1. The van der Waals surface area contributed by atoms with E-state index in [1.165, 1.54) is 18.2 Å². The van der Waals surface area contributed by atoms with Gasteiger partial charge in [-0.15, -0.1) is 11.5 Å². The number of terminal acetylenes is 1. The van der Waals surface area contributed by atoms with Crippen LogP contribution in [0.5, 0.6) is 11.8 Å². The molecule has 0 saturated heterocycles. The molecule has 26 heavy (non-hydrogen) atoms. The zero-order chi connectivity index (χ0) is 19.9. The van der Waals surface area contributed by atoms with Gasteiger partial charge in [0.25, 0.3) is 5.92 Å². The van der Waals surface area contributed by atoms with Crippen molar-refractivity contribution in [1.82, 2.24) is 14.8 Å². The third kappa shape index (κ3) is 5.88. The van der Waals surface area contributed by atoms with E-state index in [9.17, 15) is 8.78 Å². The van der Waals surface area contributed by atoms with Crippen molar-refractivity contribution in [2.75, 3.05) is 12.4 Å². The van der Waals surface area contributed by atoms with Gasteiger partial charge in [0.2, 0.25) is 5.95 Å². The van der Waals surface area contributed by atoms with Crippen molar-refractivity contribution < 1.29 is 13.5 Å². The monoisotopic (exact) mass is 362 g/mol. The highest BCUT2D eigenvalue weighted by Crippen LogP contribution is 2.32. The predicted molar refractivity (Wildman–Crippen MR) is 99.8 cm³/mol. The highest BCUT2D eigenvalue weighted by molar-refractivity contribution is 5.37. The molecule has 140 valence electrons. The van der Waals surface area contributed by atoms with Crippen LogP contribution in [0.25, 0.3) is 0 Å². The Morgan fingerprint density at radius 2 is 2.00 bits per heavy atom. The van der Waals surface area contributed by atoms with Gasteiger partial charge in [0.05, 0.1) is 6.04 Å². The fourth-order valence-electron chi connectivity index (χ4n) is 1.99. The van der Waals surface area contributed by atoms with E-state index in [0.29, 0.717) is 17.3 Å². The molecule has 0 aliphatic carbocycles. The average molecular weight is 362 g/mol. The van der Waals surface area contributed by atoms with Gasteiger partial charge in [-0.05, 0) is 50.6 Å². The summed E-state index contributed by atoms with van der Waals surface area (Å²) >= 11 is 0. The van der Waals surface area contributed by atoms with Crippen molar-refractivity contribution >= 4 is 5.95 Å². The van der Waals surface area contributed by atoms with E-state index in [-0.39, 0.29) is 17.6 Å². The number of anilines is 1. The first-order valence-corrected chi connectivity index (χ1v) is 8.01. The van der Waals surface area contributed by atoms with Gasteiger partial charge < -0.3 is 10.1 Å². The Morgan fingerprint density at radius 3 is 2.46 bits per heavy atom. The quantitative estimate of drug-likeness (QED) is 0.767. The van der Waals surface area contributed by atoms with E-state index < -0.39 is 5.92 Å². The number of rotatable bonds is 5. The number of ether oxygens (including phenoxy) is 1. The molecule has 0 bridgehead atoms. The van der Waals surface area contributed by atoms with Gasteiger partial charge >= 0.3 is 6.01 Å². The van der Waals surface area contributed by atoms with Crippen LogP contribution >= 0.6 is 0 Å². The van der Waals surface area contributed by atoms with E-state index in [2.05, 4.69) is 34.3 Å². The molecule has 2 rings (SSSR count). The highest BCUT2D eigenvalue weighted by Gasteiger charge is 2.25. The van der Waals surface area contributed by atoms with Crippen LogP contribution in [0.1, 0.15) is 37.9 Å². The van der Waals surface area contributed by atoms with E-state index in [1.807, 2.05) is 13.8 Å². The summed E-state index contributed by atoms with van der Waals surface area (Å²) < 4.78 is 34.3. The molecule has 1 aromatic carbocycles. The van der Waals surface area contributed by atoms with Crippen LogP contribution in [0.3, 0.4) is 0 Å². The topological polar surface area (TPSA) is 52.0 Å². The number of hydrogen-bond acceptors (Lipinski definition) is 4. The summed E-state index contributed by atoms with van der Waals surface area (Å²) in [6, 6.07) is 4.75. The number of nitrogens with one attached hydrogen (secondary N) is 1. The molecule has 0 amide bonds. The minimum atomic E-state index is -2.92. The van der Waals surface area contributed by atoms with Crippen LogP contribution in [-0.4, -0.2) is 21.8 Å². The summed E-state index contributed by atoms with van der Waals surface area (Å²) in [5.74, 6) is -0.00251. The van der Waals surface area contributed by atoms with Crippen molar-refractivity contribution in [2.45, 2.75) is 39.7 Å². The molecule has 0 fully saturated rings. The van der Waals surface area contributed by atoms with Gasteiger partial charge in [-0.2, -0.15) is 4.98 Å². The number of halogens is 2. The molecule has 1 N–H and O–H groups in total. The van der Waals surface area contributed by atoms with E-state index in [1.54, 1.807) is 24.7 Å². The molecule has 1 aromatic heterocycles. The smallest absolute Gasteiger partial charge is 0.322 e. The lowest BCUT2D eigenvalue weighted by molar-refractivity contribution is 0.0172. The molecule has 0 radical (unpaired) electrons. The normalized spacial score (nSPS) is 10.6. The van der Waals surface area contributed by atoms with Gasteiger partial charge in [0.1, 0.15) is 5.75 Å². The van der Waals surface area contributed by atoms with Crippen molar-refractivity contribution in [2.24, 2.45) is 0 Å². The van der Waals surface area contributed by atoms with Crippen molar-refractivity contribution in [3.63, 3.8) is 0 Å². The number of nitrogens with zero attached hydrogens (tertiary/aromatic N) is 3. The molecule has 2 aromatic rings. The Balaban J connectivity index is 0.000000765. The molecular formula is C19H24F2N4O. The van der Waals surface area contributed by atoms with Crippen LogP contribution in [0.4, 0.5) is 14.7 Å². The molecule has 0 spiro atoms. The number of hydrogen-bond donors (Lipinski definition) is 1. The fraction of sp³-hybridized carbons (Fsp3) is 0.368. The zero-order valence-electron chi connectivity index (χ0n) is 15.7. The maximum atomic E-state index is 13.5. The SMILES string of the molecule is C#CC=C.CNc1nc(Oc2cc(C)cc(C(C)(F)F)c2)n(C(C)C)n1. The third-order valence-corrected chi connectivity index (χ3v) is 3.20. The molecule has 0 saturated carbocycles. The van der Waals surface area contributed by atoms with E-state index in [0.717, 1.165) is 6.92 Å². The average Bonchev–Trinajstić information content (AvgIpc) is 2.97. The maximum absolute atomic E-state index is 13.5. The summed E-state index contributed by atoms with van der Waals surface area (Å²) in [4.78, 5) is 4.20. The first kappa shape index (κ1) is 21.2. The van der Waals surface area contributed by atoms with E-state index >= 15 is 0 Å². The van der Waals surface area contributed by atoms with Crippen LogP contribution < -0.4 is 10.1 Å². The summed E-state index contributed by atoms with van der Waals surface area (Å²) in [7, 11) is 1.70. The minimum absolute atomic E-state index is 0.0292. The van der Waals surface area contributed by atoms with Crippen molar-refractivity contribution in [1.29, 1.82) is 0 Å². The summed E-state index contributed by atoms with van der Waals surface area (Å²) in [6.45, 7) is 9.72. The van der Waals surface area contributed by atoms with Crippen LogP contribution in [0.2, 0.25) is 0 Å². The van der Waals surface area contributed by atoms with Crippen molar-refractivity contribution in [3.05, 3.63) is 42.0 Å². The Morgan fingerprint density at radius 1 is 1.38 bits per heavy atom. The maximum Gasteiger partial charge on any atom is 0.322 e. The molecule has 1 heterocycles. The number of aromatic nitrogens is 3. The van der Waals surface area contributed by atoms with E-state index in [4.69, 9.17) is 4.74 Å². The summed E-state index contributed by atoms with van der Waals surface area (Å²) in [6.07, 6.45) is 6.06. The zero-order valence-corrected chi connectivity index (χ0v) is 15.7. The Bertz CT molecular complexity index is 786. The number of alkyl halides is 2. The van der Waals surface area contributed by atoms with Crippen LogP contribution in [0.15, 0.2) is 30.9 Å². The highest BCUT2D eigenvalue weighted by atomic mass is 19.3. The van der Waals surface area contributed by atoms with Gasteiger partial charge in [-0.1, -0.05) is 12.5 Å². The third-order valence-electron chi connectivity index (χ3n) is 3.20. The lowest BCUT2D eigenvalue weighted by Gasteiger charge is -2.14. The molecule has 0 atom stereocenters. The minimum Gasteiger partial charge on any atom is -0.424 e. The van der Waals surface area contributed by atoms with Gasteiger partial charge in [0.15, 0.2) is 0 Å². The number of benzene rings is 1. The summed E-state index contributed by atoms with van der Waals surface area (Å²) in [5.41, 5.74) is 0.602. The molecule has 0 aliphatic heterocycles. The molecule has 0 aliphatic rings. The second-order valence-electron chi connectivity index (χ2n) is 5.90. The lowest BCUT2D eigenvalue weighted by Crippen LogP contribution is -2.08. The fourth-order valence-corrected chi connectivity index (χ4v) is 1.99. The molecular weight excluding hydrogens is 338 g/mol. The second kappa shape index (κ2) is 8.99. The second-order valence-corrected chi connectivity index (χ2v) is 5.90. The first-order valence-electron chi connectivity index (χ1n) is 8.01. The van der Waals surface area contributed by atoms with Crippen molar-refractivity contribution in [3.8, 4) is 24.1 Å². The van der Waals surface area contributed by atoms with Gasteiger partial charge in [0, 0.05) is 19.5 Å². The van der Waals surface area contributed by atoms with Crippen LogP contribution in [-0.2, 0) is 5.92 Å². The number of aryl methyl sites for hydroxylation is 1. The Labute approximate surface area is 153 Å². The molecule has 0 unspecified atom stereocenters.